The highest BCUT2D eigenvalue weighted by molar-refractivity contribution is 5.37. The molecule has 0 bridgehead atoms. The minimum Gasteiger partial charge on any atom is -0.487 e. The summed E-state index contributed by atoms with van der Waals surface area (Å²) in [5.74, 6) is 5.57. The van der Waals surface area contributed by atoms with Gasteiger partial charge in [-0.1, -0.05) is 17.9 Å². The Labute approximate surface area is 117 Å². The molecule has 3 nitrogen and oxygen atoms in total. The third-order valence-electron chi connectivity index (χ3n) is 2.73. The van der Waals surface area contributed by atoms with Gasteiger partial charge < -0.3 is 9.84 Å². The summed E-state index contributed by atoms with van der Waals surface area (Å²) in [6.45, 7) is 1.97. The Morgan fingerprint density at radius 3 is 2.95 bits per heavy atom. The van der Waals surface area contributed by atoms with E-state index in [0.717, 1.165) is 11.1 Å². The Morgan fingerprint density at radius 1 is 1.30 bits per heavy atom. The highest BCUT2D eigenvalue weighted by atomic mass is 19.1. The number of hydrogen-bond acceptors (Lipinski definition) is 3. The molecule has 102 valence electrons. The zero-order chi connectivity index (χ0) is 14.4. The standard InChI is InChI=1S/C16H14FNO2/c1-12-4-5-15(17)8-14(12)11-20-16-7-13(3-2-6-19)9-18-10-16/h4-5,7-10,19H,6,11H2,1H3. The van der Waals surface area contributed by atoms with Crippen LogP contribution >= 0.6 is 0 Å². The molecule has 4 heteroatoms. The summed E-state index contributed by atoms with van der Waals surface area (Å²) in [4.78, 5) is 4.01. The third kappa shape index (κ3) is 3.81. The van der Waals surface area contributed by atoms with E-state index in [1.54, 1.807) is 24.5 Å². The number of halogens is 1. The first-order valence-corrected chi connectivity index (χ1v) is 6.11. The van der Waals surface area contributed by atoms with Gasteiger partial charge in [0.25, 0.3) is 0 Å². The van der Waals surface area contributed by atoms with Crippen LogP contribution < -0.4 is 4.74 Å². The topological polar surface area (TPSA) is 42.4 Å². The Balaban J connectivity index is 2.09. The summed E-state index contributed by atoms with van der Waals surface area (Å²) in [5.41, 5.74) is 2.42. The summed E-state index contributed by atoms with van der Waals surface area (Å²) < 4.78 is 18.8. The summed E-state index contributed by atoms with van der Waals surface area (Å²) in [6, 6.07) is 6.32. The number of rotatable bonds is 3. The molecule has 0 aliphatic carbocycles. The van der Waals surface area contributed by atoms with E-state index in [-0.39, 0.29) is 19.0 Å². The minimum absolute atomic E-state index is 0.201. The largest absolute Gasteiger partial charge is 0.487 e. The Kier molecular flexibility index (Phi) is 4.70. The van der Waals surface area contributed by atoms with Gasteiger partial charge in [-0.2, -0.15) is 0 Å². The molecule has 0 atom stereocenters. The van der Waals surface area contributed by atoms with Crippen molar-refractivity contribution in [1.82, 2.24) is 4.98 Å². The first-order chi connectivity index (χ1) is 9.69. The van der Waals surface area contributed by atoms with E-state index in [0.29, 0.717) is 11.3 Å². The van der Waals surface area contributed by atoms with Gasteiger partial charge in [0.15, 0.2) is 0 Å². The van der Waals surface area contributed by atoms with Crippen molar-refractivity contribution < 1.29 is 14.2 Å². The van der Waals surface area contributed by atoms with Crippen molar-refractivity contribution in [2.24, 2.45) is 0 Å². The Hall–Kier alpha value is -2.38. The van der Waals surface area contributed by atoms with E-state index in [2.05, 4.69) is 16.8 Å². The second kappa shape index (κ2) is 6.69. The summed E-state index contributed by atoms with van der Waals surface area (Å²) in [6.07, 6.45) is 3.15. The van der Waals surface area contributed by atoms with Gasteiger partial charge in [-0.15, -0.1) is 0 Å². The number of hydrogen-bond donors (Lipinski definition) is 1. The predicted octanol–water partition coefficient (Wildman–Crippen LogP) is 2.45. The fourth-order valence-electron chi connectivity index (χ4n) is 1.66. The van der Waals surface area contributed by atoms with Crippen LogP contribution in [0.3, 0.4) is 0 Å². The van der Waals surface area contributed by atoms with Gasteiger partial charge in [0.2, 0.25) is 0 Å². The molecule has 0 saturated heterocycles. The van der Waals surface area contributed by atoms with Crippen molar-refractivity contribution in [3.05, 3.63) is 59.2 Å². The fourth-order valence-corrected chi connectivity index (χ4v) is 1.66. The van der Waals surface area contributed by atoms with Crippen molar-refractivity contribution in [2.45, 2.75) is 13.5 Å². The van der Waals surface area contributed by atoms with E-state index in [9.17, 15) is 4.39 Å². The molecule has 1 aromatic carbocycles. The average molecular weight is 271 g/mol. The average Bonchev–Trinajstić information content (AvgIpc) is 2.46. The molecule has 0 aliphatic rings. The molecule has 0 aliphatic heterocycles. The molecule has 2 rings (SSSR count). The molecule has 0 fully saturated rings. The van der Waals surface area contributed by atoms with Crippen LogP contribution in [-0.4, -0.2) is 16.7 Å². The quantitative estimate of drug-likeness (QED) is 0.872. The monoisotopic (exact) mass is 271 g/mol. The zero-order valence-corrected chi connectivity index (χ0v) is 11.1. The number of benzene rings is 1. The van der Waals surface area contributed by atoms with Crippen LogP contribution in [-0.2, 0) is 6.61 Å². The molecule has 1 N–H and O–H groups in total. The number of ether oxygens (including phenoxy) is 1. The van der Waals surface area contributed by atoms with Crippen molar-refractivity contribution in [2.75, 3.05) is 6.61 Å². The third-order valence-corrected chi connectivity index (χ3v) is 2.73. The first kappa shape index (κ1) is 14.0. The van der Waals surface area contributed by atoms with Crippen LogP contribution in [0.25, 0.3) is 0 Å². The number of nitrogens with zero attached hydrogens (tertiary/aromatic N) is 1. The second-order valence-corrected chi connectivity index (χ2v) is 4.23. The maximum Gasteiger partial charge on any atom is 0.139 e. The van der Waals surface area contributed by atoms with Gasteiger partial charge >= 0.3 is 0 Å². The van der Waals surface area contributed by atoms with Crippen molar-refractivity contribution in [3.63, 3.8) is 0 Å². The minimum atomic E-state index is -0.283. The Morgan fingerprint density at radius 2 is 2.15 bits per heavy atom. The van der Waals surface area contributed by atoms with Crippen LogP contribution in [0.2, 0.25) is 0 Å². The van der Waals surface area contributed by atoms with E-state index < -0.39 is 0 Å². The highest BCUT2D eigenvalue weighted by Gasteiger charge is 2.02. The second-order valence-electron chi connectivity index (χ2n) is 4.23. The summed E-state index contributed by atoms with van der Waals surface area (Å²) in [7, 11) is 0. The van der Waals surface area contributed by atoms with Gasteiger partial charge in [-0.3, -0.25) is 4.98 Å². The SMILES string of the molecule is Cc1ccc(F)cc1COc1cncc(C#CCO)c1. The van der Waals surface area contributed by atoms with Gasteiger partial charge in [0.05, 0.1) is 6.20 Å². The maximum atomic E-state index is 13.2. The number of aliphatic hydroxyl groups excluding tert-OH is 1. The van der Waals surface area contributed by atoms with E-state index in [1.807, 2.05) is 6.92 Å². The molecule has 2 aromatic rings. The number of aromatic nitrogens is 1. The van der Waals surface area contributed by atoms with Crippen LogP contribution in [0.5, 0.6) is 5.75 Å². The predicted molar refractivity (Wildman–Crippen MR) is 73.7 cm³/mol. The summed E-state index contributed by atoms with van der Waals surface area (Å²) >= 11 is 0. The smallest absolute Gasteiger partial charge is 0.139 e. The molecule has 0 unspecified atom stereocenters. The lowest BCUT2D eigenvalue weighted by molar-refractivity contribution is 0.303. The van der Waals surface area contributed by atoms with Crippen molar-refractivity contribution in [1.29, 1.82) is 0 Å². The molecule has 1 aromatic heterocycles. The van der Waals surface area contributed by atoms with Gasteiger partial charge in [0, 0.05) is 11.8 Å². The number of aliphatic hydroxyl groups is 1. The molecule has 0 radical (unpaired) electrons. The number of aryl methyl sites for hydroxylation is 1. The van der Waals surface area contributed by atoms with E-state index in [4.69, 9.17) is 9.84 Å². The lowest BCUT2D eigenvalue weighted by Crippen LogP contribution is -1.99. The lowest BCUT2D eigenvalue weighted by atomic mass is 10.1. The lowest BCUT2D eigenvalue weighted by Gasteiger charge is -2.08. The van der Waals surface area contributed by atoms with E-state index >= 15 is 0 Å². The van der Waals surface area contributed by atoms with Crippen molar-refractivity contribution in [3.8, 4) is 17.6 Å². The molecule has 20 heavy (non-hydrogen) atoms. The molecular formula is C16H14FNO2. The van der Waals surface area contributed by atoms with Crippen LogP contribution in [0.4, 0.5) is 4.39 Å². The van der Waals surface area contributed by atoms with Crippen molar-refractivity contribution >= 4 is 0 Å². The Bertz CT molecular complexity index is 659. The molecular weight excluding hydrogens is 257 g/mol. The van der Waals surface area contributed by atoms with Crippen LogP contribution in [0, 0.1) is 24.6 Å². The maximum absolute atomic E-state index is 13.2. The first-order valence-electron chi connectivity index (χ1n) is 6.11. The number of pyridine rings is 1. The van der Waals surface area contributed by atoms with Crippen LogP contribution in [0.1, 0.15) is 16.7 Å². The van der Waals surface area contributed by atoms with Gasteiger partial charge in [0.1, 0.15) is 24.8 Å². The summed E-state index contributed by atoms with van der Waals surface area (Å²) in [5, 5.41) is 8.64. The van der Waals surface area contributed by atoms with Crippen LogP contribution in [0.15, 0.2) is 36.7 Å². The molecule has 0 amide bonds. The van der Waals surface area contributed by atoms with E-state index in [1.165, 1.54) is 12.1 Å². The molecule has 1 heterocycles. The van der Waals surface area contributed by atoms with Gasteiger partial charge in [-0.05, 0) is 36.2 Å². The zero-order valence-electron chi connectivity index (χ0n) is 11.1. The van der Waals surface area contributed by atoms with Gasteiger partial charge in [-0.25, -0.2) is 4.39 Å². The fraction of sp³-hybridized carbons (Fsp3) is 0.188. The normalized spacial score (nSPS) is 9.75. The molecule has 0 saturated carbocycles. The highest BCUT2D eigenvalue weighted by Crippen LogP contribution is 2.16. The molecule has 0 spiro atoms.